The number of hydrazine groups is 1. The van der Waals surface area contributed by atoms with Gasteiger partial charge in [-0.2, -0.15) is 0 Å². The van der Waals surface area contributed by atoms with E-state index in [4.69, 9.17) is 0 Å². The van der Waals surface area contributed by atoms with Gasteiger partial charge in [0.15, 0.2) is 5.13 Å². The fourth-order valence-corrected chi connectivity index (χ4v) is 4.43. The van der Waals surface area contributed by atoms with Crippen molar-refractivity contribution in [3.8, 4) is 0 Å². The second kappa shape index (κ2) is 7.68. The Kier molecular flexibility index (Phi) is 4.84. The minimum Gasteiger partial charge on any atom is -0.379 e. The number of rotatable bonds is 4. The molecule has 1 unspecified atom stereocenters. The number of hydrogen-bond acceptors (Lipinski definition) is 7. The predicted octanol–water partition coefficient (Wildman–Crippen LogP) is 2.64. The monoisotopic (exact) mass is 433 g/mol. The first kappa shape index (κ1) is 19.5. The third kappa shape index (κ3) is 3.62. The van der Waals surface area contributed by atoms with Crippen LogP contribution in [-0.2, 0) is 4.79 Å². The van der Waals surface area contributed by atoms with Crippen LogP contribution >= 0.6 is 11.3 Å². The summed E-state index contributed by atoms with van der Waals surface area (Å²) in [6.45, 7) is 2.78. The van der Waals surface area contributed by atoms with Gasteiger partial charge in [-0.25, -0.2) is 15.4 Å². The van der Waals surface area contributed by atoms with Gasteiger partial charge in [-0.05, 0) is 36.3 Å². The Morgan fingerprint density at radius 1 is 1.29 bits per heavy atom. The maximum absolute atomic E-state index is 12.8. The minimum absolute atomic E-state index is 0.0763. The maximum atomic E-state index is 12.8. The van der Waals surface area contributed by atoms with Crippen LogP contribution in [0.25, 0.3) is 11.2 Å². The van der Waals surface area contributed by atoms with Crippen LogP contribution in [0.4, 0.5) is 5.13 Å². The summed E-state index contributed by atoms with van der Waals surface area (Å²) in [7, 11) is 3.74. The summed E-state index contributed by atoms with van der Waals surface area (Å²) >= 11 is 1.50. The second-order valence-electron chi connectivity index (χ2n) is 7.65. The number of aryl methyl sites for hydroxylation is 1. The SMILES string of the molecule is Cc1cnc(N(C)C(=O)C2=CNC(c3cnc4ccc(C5=CN(C)NC5)cn34)C=C2)s1. The molecular formula is C22H23N7OS. The Morgan fingerprint density at radius 3 is 2.84 bits per heavy atom. The number of carbonyl (C=O) groups is 1. The molecule has 1 amide bonds. The summed E-state index contributed by atoms with van der Waals surface area (Å²) in [6.07, 6.45) is 13.5. The zero-order valence-electron chi connectivity index (χ0n) is 17.5. The van der Waals surface area contributed by atoms with E-state index >= 15 is 0 Å². The summed E-state index contributed by atoms with van der Waals surface area (Å²) in [5.41, 5.74) is 8.14. The molecule has 2 N–H and O–H groups in total. The molecule has 5 rings (SSSR count). The molecule has 5 heterocycles. The Balaban J connectivity index is 1.36. The Bertz CT molecular complexity index is 1250. The van der Waals surface area contributed by atoms with Gasteiger partial charge < -0.3 is 14.7 Å². The van der Waals surface area contributed by atoms with Gasteiger partial charge in [0.05, 0.1) is 23.5 Å². The zero-order valence-corrected chi connectivity index (χ0v) is 18.3. The van der Waals surface area contributed by atoms with Crippen molar-refractivity contribution in [2.24, 2.45) is 0 Å². The van der Waals surface area contributed by atoms with Crippen molar-refractivity contribution >= 4 is 33.6 Å². The van der Waals surface area contributed by atoms with Crippen LogP contribution in [-0.4, -0.2) is 45.9 Å². The van der Waals surface area contributed by atoms with E-state index in [9.17, 15) is 4.79 Å². The third-order valence-electron chi connectivity index (χ3n) is 5.43. The molecule has 1 atom stereocenters. The molecule has 0 fully saturated rings. The van der Waals surface area contributed by atoms with E-state index < -0.39 is 0 Å². The van der Waals surface area contributed by atoms with E-state index in [2.05, 4.69) is 43.6 Å². The molecule has 3 aromatic heterocycles. The molecule has 0 saturated carbocycles. The highest BCUT2D eigenvalue weighted by atomic mass is 32.1. The highest BCUT2D eigenvalue weighted by Gasteiger charge is 2.22. The molecule has 0 bridgehead atoms. The molecule has 158 valence electrons. The van der Waals surface area contributed by atoms with E-state index in [0.29, 0.717) is 10.7 Å². The van der Waals surface area contributed by atoms with Gasteiger partial charge in [0.2, 0.25) is 0 Å². The fourth-order valence-electron chi connectivity index (χ4n) is 3.71. The van der Waals surface area contributed by atoms with Gasteiger partial charge in [-0.1, -0.05) is 6.08 Å². The predicted molar refractivity (Wildman–Crippen MR) is 122 cm³/mol. The van der Waals surface area contributed by atoms with Gasteiger partial charge in [0.25, 0.3) is 5.91 Å². The van der Waals surface area contributed by atoms with E-state index in [1.165, 1.54) is 16.9 Å². The van der Waals surface area contributed by atoms with Crippen molar-refractivity contribution in [1.82, 2.24) is 30.1 Å². The van der Waals surface area contributed by atoms with Crippen molar-refractivity contribution in [3.63, 3.8) is 0 Å². The van der Waals surface area contributed by atoms with E-state index in [1.807, 2.05) is 43.4 Å². The number of thiazole rings is 1. The van der Waals surface area contributed by atoms with Crippen molar-refractivity contribution in [2.45, 2.75) is 13.0 Å². The van der Waals surface area contributed by atoms with Crippen LogP contribution in [0, 0.1) is 6.92 Å². The maximum Gasteiger partial charge on any atom is 0.261 e. The molecule has 2 aliphatic heterocycles. The van der Waals surface area contributed by atoms with Gasteiger partial charge in [-0.3, -0.25) is 9.69 Å². The standard InChI is InChI=1S/C22H23N7OS/c1-14-8-25-22(31-14)28(3)21(30)15-4-6-18(23-9-15)19-11-24-20-7-5-16(13-29(19)20)17-10-26-27(2)12-17/h4-9,11-13,18,23,26H,10H2,1-3H3. The van der Waals surface area contributed by atoms with E-state index in [1.54, 1.807) is 24.3 Å². The number of aromatic nitrogens is 3. The summed E-state index contributed by atoms with van der Waals surface area (Å²) in [5.74, 6) is -0.0956. The van der Waals surface area contributed by atoms with Crippen LogP contribution in [0.3, 0.4) is 0 Å². The van der Waals surface area contributed by atoms with Gasteiger partial charge in [-0.15, -0.1) is 11.3 Å². The van der Waals surface area contributed by atoms with Crippen molar-refractivity contribution in [2.75, 3.05) is 25.5 Å². The molecule has 8 nitrogen and oxygen atoms in total. The zero-order chi connectivity index (χ0) is 21.5. The number of likely N-dealkylation sites (N-methyl/N-ethyl adjacent to an activating group) is 1. The number of nitrogens with one attached hydrogen (secondary N) is 2. The first-order valence-corrected chi connectivity index (χ1v) is 10.8. The van der Waals surface area contributed by atoms with Gasteiger partial charge >= 0.3 is 0 Å². The lowest BCUT2D eigenvalue weighted by atomic mass is 10.1. The number of fused-ring (bicyclic) bond motifs is 1. The lowest BCUT2D eigenvalue weighted by Gasteiger charge is -2.21. The van der Waals surface area contributed by atoms with Gasteiger partial charge in [0, 0.05) is 50.3 Å². The molecule has 31 heavy (non-hydrogen) atoms. The molecule has 0 radical (unpaired) electrons. The Morgan fingerprint density at radius 2 is 2.16 bits per heavy atom. The summed E-state index contributed by atoms with van der Waals surface area (Å²) in [4.78, 5) is 24.3. The molecule has 2 aliphatic rings. The van der Waals surface area contributed by atoms with Crippen LogP contribution in [0.1, 0.15) is 22.2 Å². The number of carbonyl (C=O) groups excluding carboxylic acids is 1. The number of imidazole rings is 1. The lowest BCUT2D eigenvalue weighted by Crippen LogP contribution is -2.30. The first-order valence-electron chi connectivity index (χ1n) is 9.99. The van der Waals surface area contributed by atoms with E-state index in [-0.39, 0.29) is 11.9 Å². The Labute approximate surface area is 184 Å². The summed E-state index contributed by atoms with van der Waals surface area (Å²) in [6, 6.07) is 4.04. The third-order valence-corrected chi connectivity index (χ3v) is 6.42. The van der Waals surface area contributed by atoms with Crippen LogP contribution in [0.15, 0.2) is 60.8 Å². The molecular weight excluding hydrogens is 410 g/mol. The summed E-state index contributed by atoms with van der Waals surface area (Å²) < 4.78 is 2.10. The largest absolute Gasteiger partial charge is 0.379 e. The van der Waals surface area contributed by atoms with Crippen molar-refractivity contribution in [3.05, 3.63) is 77.0 Å². The van der Waals surface area contributed by atoms with Crippen LogP contribution in [0.2, 0.25) is 0 Å². The average molecular weight is 434 g/mol. The van der Waals surface area contributed by atoms with Crippen LogP contribution in [0.5, 0.6) is 0 Å². The Hall–Kier alpha value is -3.43. The molecule has 0 aromatic carbocycles. The highest BCUT2D eigenvalue weighted by molar-refractivity contribution is 7.15. The number of dihydropyridines is 1. The molecule has 0 aliphatic carbocycles. The molecule has 0 spiro atoms. The van der Waals surface area contributed by atoms with E-state index in [0.717, 1.165) is 28.3 Å². The number of nitrogens with zero attached hydrogens (tertiary/aromatic N) is 5. The number of pyridine rings is 1. The number of hydrogen-bond donors (Lipinski definition) is 2. The van der Waals surface area contributed by atoms with Crippen LogP contribution < -0.4 is 15.6 Å². The highest BCUT2D eigenvalue weighted by Crippen LogP contribution is 2.26. The minimum atomic E-state index is -0.0956. The quantitative estimate of drug-likeness (QED) is 0.659. The lowest BCUT2D eigenvalue weighted by molar-refractivity contribution is -0.114. The molecule has 3 aromatic rings. The fraction of sp³-hybridized carbons (Fsp3) is 0.227. The molecule has 9 heteroatoms. The van der Waals surface area contributed by atoms with Gasteiger partial charge in [0.1, 0.15) is 5.65 Å². The number of amides is 1. The smallest absolute Gasteiger partial charge is 0.261 e. The first-order chi connectivity index (χ1) is 15.0. The second-order valence-corrected chi connectivity index (χ2v) is 8.86. The number of anilines is 1. The molecule has 0 saturated heterocycles. The van der Waals surface area contributed by atoms with Crippen molar-refractivity contribution in [1.29, 1.82) is 0 Å². The van der Waals surface area contributed by atoms with Crippen molar-refractivity contribution < 1.29 is 4.79 Å². The summed E-state index contributed by atoms with van der Waals surface area (Å²) in [5, 5.41) is 6.00. The topological polar surface area (TPSA) is 77.8 Å². The normalized spacial score (nSPS) is 18.2. The average Bonchev–Trinajstić information content (AvgIpc) is 3.52.